The van der Waals surface area contributed by atoms with Gasteiger partial charge in [0.05, 0.1) is 11.4 Å². The largest absolute Gasteiger partial charge is 0.354 e. The molecule has 0 saturated heterocycles. The first kappa shape index (κ1) is 11.3. The number of hydrogen-bond donors (Lipinski definition) is 1. The highest BCUT2D eigenvalue weighted by Gasteiger charge is 2.33. The second kappa shape index (κ2) is 4.22. The molecule has 2 aromatic rings. The van der Waals surface area contributed by atoms with Crippen LogP contribution in [0.2, 0.25) is 5.02 Å². The third-order valence-electron chi connectivity index (χ3n) is 3.34. The number of para-hydroxylation sites is 1. The number of nitrogens with one attached hydrogen (secondary N) is 1. The number of anilines is 1. The van der Waals surface area contributed by atoms with Crippen molar-refractivity contribution < 1.29 is 0 Å². The predicted octanol–water partition coefficient (Wildman–Crippen LogP) is 4.14. The molecular weight excluding hydrogens is 276 g/mol. The van der Waals surface area contributed by atoms with E-state index in [2.05, 4.69) is 40.7 Å². The van der Waals surface area contributed by atoms with Gasteiger partial charge >= 0.3 is 0 Å². The van der Waals surface area contributed by atoms with E-state index in [1.807, 2.05) is 36.0 Å². The van der Waals surface area contributed by atoms with Crippen molar-refractivity contribution in [1.29, 1.82) is 0 Å². The molecule has 19 heavy (non-hydrogen) atoms. The van der Waals surface area contributed by atoms with Gasteiger partial charge in [0.25, 0.3) is 0 Å². The van der Waals surface area contributed by atoms with Crippen molar-refractivity contribution in [3.8, 4) is 0 Å². The van der Waals surface area contributed by atoms with Crippen molar-refractivity contribution >= 4 is 34.7 Å². The highest BCUT2D eigenvalue weighted by Crippen LogP contribution is 2.45. The maximum atomic E-state index is 5.93. The average molecular weight is 287 g/mol. The molecular formula is C15H11ClN2S. The first-order chi connectivity index (χ1) is 9.31. The van der Waals surface area contributed by atoms with E-state index in [1.54, 1.807) is 0 Å². The summed E-state index contributed by atoms with van der Waals surface area (Å²) in [4.78, 5) is 3.61. The zero-order valence-corrected chi connectivity index (χ0v) is 11.6. The van der Waals surface area contributed by atoms with E-state index in [-0.39, 0.29) is 5.50 Å². The van der Waals surface area contributed by atoms with Crippen LogP contribution in [0.4, 0.5) is 5.69 Å². The predicted molar refractivity (Wildman–Crippen MR) is 81.1 cm³/mol. The first-order valence-electron chi connectivity index (χ1n) is 6.09. The monoisotopic (exact) mass is 286 g/mol. The van der Waals surface area contributed by atoms with Crippen LogP contribution in [0, 0.1) is 0 Å². The molecule has 1 N–H and O–H groups in total. The number of rotatable bonds is 1. The van der Waals surface area contributed by atoms with Gasteiger partial charge in [-0.2, -0.15) is 0 Å². The van der Waals surface area contributed by atoms with E-state index in [0.29, 0.717) is 0 Å². The van der Waals surface area contributed by atoms with Gasteiger partial charge in [0.1, 0.15) is 0 Å². The highest BCUT2D eigenvalue weighted by atomic mass is 35.5. The van der Waals surface area contributed by atoms with E-state index in [0.717, 1.165) is 16.3 Å². The Morgan fingerprint density at radius 2 is 1.84 bits per heavy atom. The second-order valence-corrected chi connectivity index (χ2v) is 6.10. The van der Waals surface area contributed by atoms with Gasteiger partial charge in [0.2, 0.25) is 0 Å². The third-order valence-corrected chi connectivity index (χ3v) is 4.76. The number of nitrogens with zero attached hydrogens (tertiary/aromatic N) is 1. The third kappa shape index (κ3) is 1.81. The number of benzene rings is 2. The lowest BCUT2D eigenvalue weighted by molar-refractivity contribution is 0.859. The van der Waals surface area contributed by atoms with Crippen LogP contribution in [0.5, 0.6) is 0 Å². The fourth-order valence-corrected chi connectivity index (χ4v) is 3.70. The summed E-state index contributed by atoms with van der Waals surface area (Å²) < 4.78 is 0. The highest BCUT2D eigenvalue weighted by molar-refractivity contribution is 8.00. The van der Waals surface area contributed by atoms with Gasteiger partial charge in [-0.1, -0.05) is 47.6 Å². The quantitative estimate of drug-likeness (QED) is 0.848. The van der Waals surface area contributed by atoms with Crippen LogP contribution in [0.15, 0.2) is 59.6 Å². The molecule has 0 fully saturated rings. The van der Waals surface area contributed by atoms with Crippen molar-refractivity contribution in [3.05, 3.63) is 65.3 Å². The van der Waals surface area contributed by atoms with Crippen LogP contribution in [-0.2, 0) is 0 Å². The first-order valence-corrected chi connectivity index (χ1v) is 7.35. The summed E-state index contributed by atoms with van der Waals surface area (Å²) in [7, 11) is 0. The summed E-state index contributed by atoms with van der Waals surface area (Å²) in [5, 5.41) is 4.31. The standard InChI is InChI=1S/C15H11ClN2S/c16-11-7-5-10(6-8-11)12-9-18-13-3-1-2-4-14(13)19-15(18)17-12/h1-9,15,17H. The molecule has 0 amide bonds. The molecule has 0 saturated carbocycles. The van der Waals surface area contributed by atoms with Gasteiger partial charge in [-0.15, -0.1) is 0 Å². The summed E-state index contributed by atoms with van der Waals surface area (Å²) in [5.41, 5.74) is 3.84. The van der Waals surface area contributed by atoms with Gasteiger partial charge in [0, 0.05) is 16.1 Å². The Labute approximate surface area is 121 Å². The molecule has 1 unspecified atom stereocenters. The number of hydrogen-bond acceptors (Lipinski definition) is 3. The molecule has 1 atom stereocenters. The zero-order chi connectivity index (χ0) is 12.8. The minimum atomic E-state index is 0.267. The van der Waals surface area contributed by atoms with E-state index >= 15 is 0 Å². The maximum Gasteiger partial charge on any atom is 0.156 e. The molecule has 0 aromatic heterocycles. The molecule has 0 bridgehead atoms. The molecule has 0 radical (unpaired) electrons. The van der Waals surface area contributed by atoms with E-state index < -0.39 is 0 Å². The molecule has 0 aliphatic carbocycles. The van der Waals surface area contributed by atoms with Crippen molar-refractivity contribution in [2.24, 2.45) is 0 Å². The fraction of sp³-hybridized carbons (Fsp3) is 0.0667. The summed E-state index contributed by atoms with van der Waals surface area (Å²) in [5.74, 6) is 0. The molecule has 2 nitrogen and oxygen atoms in total. The van der Waals surface area contributed by atoms with Crippen molar-refractivity contribution in [3.63, 3.8) is 0 Å². The van der Waals surface area contributed by atoms with Crippen LogP contribution < -0.4 is 10.2 Å². The van der Waals surface area contributed by atoms with Gasteiger partial charge in [-0.05, 0) is 29.8 Å². The lowest BCUT2D eigenvalue weighted by atomic mass is 10.2. The number of fused-ring (bicyclic) bond motifs is 3. The Morgan fingerprint density at radius 3 is 2.68 bits per heavy atom. The van der Waals surface area contributed by atoms with Crippen LogP contribution >= 0.6 is 23.4 Å². The minimum absolute atomic E-state index is 0.267. The second-order valence-electron chi connectivity index (χ2n) is 4.54. The van der Waals surface area contributed by atoms with Crippen molar-refractivity contribution in [2.75, 3.05) is 4.90 Å². The van der Waals surface area contributed by atoms with Gasteiger partial charge in [-0.25, -0.2) is 0 Å². The lowest BCUT2D eigenvalue weighted by Gasteiger charge is -2.15. The molecule has 94 valence electrons. The van der Waals surface area contributed by atoms with Crippen molar-refractivity contribution in [1.82, 2.24) is 5.32 Å². The van der Waals surface area contributed by atoms with Gasteiger partial charge in [-0.3, -0.25) is 0 Å². The normalized spacial score (nSPS) is 19.7. The Bertz CT molecular complexity index is 666. The van der Waals surface area contributed by atoms with E-state index in [4.69, 9.17) is 11.6 Å². The van der Waals surface area contributed by atoms with Crippen molar-refractivity contribution in [2.45, 2.75) is 10.4 Å². The number of thioether (sulfide) groups is 1. The topological polar surface area (TPSA) is 15.3 Å². The summed E-state index contributed by atoms with van der Waals surface area (Å²) in [6.07, 6.45) is 2.17. The van der Waals surface area contributed by atoms with Gasteiger partial charge < -0.3 is 10.2 Å². The average Bonchev–Trinajstić information content (AvgIpc) is 2.97. The van der Waals surface area contributed by atoms with E-state index in [1.165, 1.54) is 10.6 Å². The lowest BCUT2D eigenvalue weighted by Crippen LogP contribution is -2.28. The molecule has 4 rings (SSSR count). The summed E-state index contributed by atoms with van der Waals surface area (Å²) >= 11 is 7.77. The van der Waals surface area contributed by atoms with Crippen LogP contribution in [-0.4, -0.2) is 5.50 Å². The smallest absolute Gasteiger partial charge is 0.156 e. The molecule has 2 aromatic carbocycles. The minimum Gasteiger partial charge on any atom is -0.354 e. The molecule has 4 heteroatoms. The maximum absolute atomic E-state index is 5.93. The Morgan fingerprint density at radius 1 is 1.05 bits per heavy atom. The van der Waals surface area contributed by atoms with E-state index in [9.17, 15) is 0 Å². The van der Waals surface area contributed by atoms with Crippen LogP contribution in [0.25, 0.3) is 5.70 Å². The van der Waals surface area contributed by atoms with Gasteiger partial charge in [0.15, 0.2) is 5.50 Å². The molecule has 2 aliphatic rings. The Hall–Kier alpha value is -1.58. The Balaban J connectivity index is 1.71. The summed E-state index contributed by atoms with van der Waals surface area (Å²) in [6.45, 7) is 0. The zero-order valence-electron chi connectivity index (χ0n) is 10.0. The van der Waals surface area contributed by atoms with Crippen LogP contribution in [0.1, 0.15) is 5.56 Å². The van der Waals surface area contributed by atoms with Crippen LogP contribution in [0.3, 0.4) is 0 Å². The summed E-state index contributed by atoms with van der Waals surface area (Å²) in [6, 6.07) is 16.4. The molecule has 2 aliphatic heterocycles. The Kier molecular flexibility index (Phi) is 2.50. The SMILES string of the molecule is Clc1ccc(C2=CN3c4ccccc4SC3N2)cc1. The fourth-order valence-electron chi connectivity index (χ4n) is 2.41. The molecule has 0 spiro atoms. The number of halogens is 1. The molecule has 2 heterocycles.